The summed E-state index contributed by atoms with van der Waals surface area (Å²) >= 11 is 0. The third-order valence-electron chi connectivity index (χ3n) is 2.22. The zero-order valence-corrected chi connectivity index (χ0v) is 9.17. The fourth-order valence-electron chi connectivity index (χ4n) is 1.42. The Morgan fingerprint density at radius 1 is 1.59 bits per heavy atom. The molecule has 0 aliphatic rings. The van der Waals surface area contributed by atoms with Gasteiger partial charge in [0.05, 0.1) is 6.54 Å². The summed E-state index contributed by atoms with van der Waals surface area (Å²) in [6, 6.07) is 5.02. The molecule has 0 fully saturated rings. The van der Waals surface area contributed by atoms with E-state index in [0.717, 1.165) is 0 Å². The maximum absolute atomic E-state index is 10.8. The number of nitrogens with one attached hydrogen (secondary N) is 1. The van der Waals surface area contributed by atoms with E-state index in [1.165, 1.54) is 6.07 Å². The van der Waals surface area contributed by atoms with Crippen LogP contribution >= 0.6 is 0 Å². The predicted molar refractivity (Wildman–Crippen MR) is 59.8 cm³/mol. The van der Waals surface area contributed by atoms with E-state index in [9.17, 15) is 4.79 Å². The summed E-state index contributed by atoms with van der Waals surface area (Å²) in [5.74, 6) is 0.564. The highest BCUT2D eigenvalue weighted by atomic mass is 16.4. The number of hydrogen-bond acceptors (Lipinski definition) is 5. The number of carboxylic acids is 1. The van der Waals surface area contributed by atoms with Crippen LogP contribution in [-0.2, 0) is 6.54 Å². The lowest BCUT2D eigenvalue weighted by Crippen LogP contribution is -2.00. The quantitative estimate of drug-likeness (QED) is 0.835. The van der Waals surface area contributed by atoms with Crippen molar-refractivity contribution in [1.82, 2.24) is 10.2 Å². The van der Waals surface area contributed by atoms with Crippen molar-refractivity contribution in [2.24, 2.45) is 0 Å². The SMILES string of the molecule is Cc1oc(CNc2cccnn2)cc1C(=O)O. The molecule has 0 spiro atoms. The molecule has 0 aliphatic carbocycles. The molecule has 6 heteroatoms. The number of nitrogens with zero attached hydrogens (tertiary/aromatic N) is 2. The number of anilines is 1. The lowest BCUT2D eigenvalue weighted by Gasteiger charge is -2.00. The van der Waals surface area contributed by atoms with Gasteiger partial charge >= 0.3 is 5.97 Å². The molecular formula is C11H11N3O3. The second-order valence-corrected chi connectivity index (χ2v) is 3.45. The topological polar surface area (TPSA) is 88.3 Å². The van der Waals surface area contributed by atoms with Crippen LogP contribution in [-0.4, -0.2) is 21.3 Å². The predicted octanol–water partition coefficient (Wildman–Crippen LogP) is 1.69. The van der Waals surface area contributed by atoms with E-state index in [2.05, 4.69) is 15.5 Å². The minimum Gasteiger partial charge on any atom is -0.478 e. The molecule has 0 amide bonds. The van der Waals surface area contributed by atoms with Crippen molar-refractivity contribution in [3.8, 4) is 0 Å². The molecule has 17 heavy (non-hydrogen) atoms. The average Bonchev–Trinajstić information content (AvgIpc) is 2.69. The van der Waals surface area contributed by atoms with E-state index < -0.39 is 5.97 Å². The van der Waals surface area contributed by atoms with Crippen molar-refractivity contribution in [3.05, 3.63) is 41.5 Å². The Balaban J connectivity index is 2.05. The van der Waals surface area contributed by atoms with Crippen LogP contribution < -0.4 is 5.32 Å². The second kappa shape index (κ2) is 4.65. The van der Waals surface area contributed by atoms with Crippen LogP contribution in [0.15, 0.2) is 28.8 Å². The summed E-state index contributed by atoms with van der Waals surface area (Å²) in [5.41, 5.74) is 0.181. The van der Waals surface area contributed by atoms with Crippen molar-refractivity contribution < 1.29 is 14.3 Å². The number of aromatic nitrogens is 2. The number of carbonyl (C=O) groups is 1. The monoisotopic (exact) mass is 233 g/mol. The number of furan rings is 1. The van der Waals surface area contributed by atoms with E-state index >= 15 is 0 Å². The van der Waals surface area contributed by atoms with Gasteiger partial charge in [0.15, 0.2) is 0 Å². The Kier molecular flexibility index (Phi) is 3.04. The van der Waals surface area contributed by atoms with Gasteiger partial charge in [0.2, 0.25) is 0 Å². The average molecular weight is 233 g/mol. The van der Waals surface area contributed by atoms with Crippen molar-refractivity contribution in [2.75, 3.05) is 5.32 Å². The molecule has 2 N–H and O–H groups in total. The number of carboxylic acid groups (broad SMARTS) is 1. The van der Waals surface area contributed by atoms with Gasteiger partial charge in [0, 0.05) is 6.20 Å². The number of aryl methyl sites for hydroxylation is 1. The molecule has 88 valence electrons. The standard InChI is InChI=1S/C11H11N3O3/c1-7-9(11(15)16)5-8(17-7)6-12-10-3-2-4-13-14-10/h2-5H,6H2,1H3,(H,12,14)(H,15,16). The molecule has 2 heterocycles. The lowest BCUT2D eigenvalue weighted by atomic mass is 10.2. The number of hydrogen-bond donors (Lipinski definition) is 2. The van der Waals surface area contributed by atoms with Crippen LogP contribution in [0.25, 0.3) is 0 Å². The highest BCUT2D eigenvalue weighted by Gasteiger charge is 2.13. The van der Waals surface area contributed by atoms with E-state index in [0.29, 0.717) is 23.9 Å². The number of rotatable bonds is 4. The molecule has 0 unspecified atom stereocenters. The van der Waals surface area contributed by atoms with Gasteiger partial charge in [0.1, 0.15) is 22.9 Å². The largest absolute Gasteiger partial charge is 0.478 e. The maximum Gasteiger partial charge on any atom is 0.339 e. The van der Waals surface area contributed by atoms with Crippen LogP contribution in [0.2, 0.25) is 0 Å². The van der Waals surface area contributed by atoms with E-state index in [1.54, 1.807) is 25.3 Å². The molecule has 0 bridgehead atoms. The Labute approximate surface area is 97.3 Å². The molecule has 2 aromatic rings. The highest BCUT2D eigenvalue weighted by molar-refractivity contribution is 5.88. The molecule has 0 aromatic carbocycles. The van der Waals surface area contributed by atoms with E-state index in [-0.39, 0.29) is 5.56 Å². The first kappa shape index (κ1) is 11.1. The first-order valence-electron chi connectivity index (χ1n) is 5.01. The minimum absolute atomic E-state index is 0.181. The third kappa shape index (κ3) is 2.60. The number of aromatic carboxylic acids is 1. The summed E-state index contributed by atoms with van der Waals surface area (Å²) in [4.78, 5) is 10.8. The first-order chi connectivity index (χ1) is 8.16. The zero-order chi connectivity index (χ0) is 12.3. The van der Waals surface area contributed by atoms with Gasteiger partial charge in [-0.25, -0.2) is 4.79 Å². The summed E-state index contributed by atoms with van der Waals surface area (Å²) in [6.07, 6.45) is 1.57. The molecule has 6 nitrogen and oxygen atoms in total. The zero-order valence-electron chi connectivity index (χ0n) is 9.17. The van der Waals surface area contributed by atoms with Crippen molar-refractivity contribution in [3.63, 3.8) is 0 Å². The summed E-state index contributed by atoms with van der Waals surface area (Å²) in [6.45, 7) is 1.99. The molecule has 0 saturated heterocycles. The van der Waals surface area contributed by atoms with Gasteiger partial charge in [0.25, 0.3) is 0 Å². The summed E-state index contributed by atoms with van der Waals surface area (Å²) < 4.78 is 5.31. The van der Waals surface area contributed by atoms with Gasteiger partial charge in [-0.1, -0.05) is 0 Å². The Morgan fingerprint density at radius 2 is 2.41 bits per heavy atom. The summed E-state index contributed by atoms with van der Waals surface area (Å²) in [5, 5.41) is 19.4. The van der Waals surface area contributed by atoms with Crippen molar-refractivity contribution in [2.45, 2.75) is 13.5 Å². The van der Waals surface area contributed by atoms with Crippen LogP contribution in [0.4, 0.5) is 5.82 Å². The van der Waals surface area contributed by atoms with Gasteiger partial charge in [-0.15, -0.1) is 5.10 Å². The van der Waals surface area contributed by atoms with Crippen molar-refractivity contribution >= 4 is 11.8 Å². The Hall–Kier alpha value is -2.37. The van der Waals surface area contributed by atoms with Crippen LogP contribution in [0, 0.1) is 6.92 Å². The maximum atomic E-state index is 10.8. The van der Waals surface area contributed by atoms with Gasteiger partial charge in [-0.05, 0) is 25.1 Å². The van der Waals surface area contributed by atoms with Gasteiger partial charge < -0.3 is 14.8 Å². The molecule has 0 atom stereocenters. The van der Waals surface area contributed by atoms with Crippen LogP contribution in [0.1, 0.15) is 21.9 Å². The smallest absolute Gasteiger partial charge is 0.339 e. The normalized spacial score (nSPS) is 10.2. The van der Waals surface area contributed by atoms with E-state index in [1.807, 2.05) is 0 Å². The Bertz CT molecular complexity index is 522. The lowest BCUT2D eigenvalue weighted by molar-refractivity contribution is 0.0695. The molecule has 0 aliphatic heterocycles. The molecule has 2 aromatic heterocycles. The van der Waals surface area contributed by atoms with Gasteiger partial charge in [-0.2, -0.15) is 5.10 Å². The first-order valence-corrected chi connectivity index (χ1v) is 5.01. The van der Waals surface area contributed by atoms with Crippen LogP contribution in [0.3, 0.4) is 0 Å². The van der Waals surface area contributed by atoms with Gasteiger partial charge in [-0.3, -0.25) is 0 Å². The molecule has 0 radical (unpaired) electrons. The van der Waals surface area contributed by atoms with Crippen LogP contribution in [0.5, 0.6) is 0 Å². The summed E-state index contributed by atoms with van der Waals surface area (Å²) in [7, 11) is 0. The fourth-order valence-corrected chi connectivity index (χ4v) is 1.42. The van der Waals surface area contributed by atoms with E-state index in [4.69, 9.17) is 9.52 Å². The Morgan fingerprint density at radius 3 is 3.00 bits per heavy atom. The molecular weight excluding hydrogens is 222 g/mol. The van der Waals surface area contributed by atoms with Crippen molar-refractivity contribution in [1.29, 1.82) is 0 Å². The third-order valence-corrected chi connectivity index (χ3v) is 2.22. The highest BCUT2D eigenvalue weighted by Crippen LogP contribution is 2.15. The molecule has 2 rings (SSSR count). The fraction of sp³-hybridized carbons (Fsp3) is 0.182. The second-order valence-electron chi connectivity index (χ2n) is 3.45. The minimum atomic E-state index is -0.989. The molecule has 0 saturated carbocycles.